The molecule has 1 aliphatic rings. The zero-order valence-electron chi connectivity index (χ0n) is 23.9. The standard InChI is InChI=1S/C29H36N6O5/c1-29(2,3)40-28(36)34-15-8-7-11-21(34)25-32-26-20-10-9-12-22(38-5)24(20)31-27(35(26)33-25)30-17-18-13-14-19(37-4)16-23(18)39-6/h9-10,12-14,16,21H,7-8,11,15,17H2,1-6H3,(H,30,31). The van der Waals surface area contributed by atoms with E-state index in [2.05, 4.69) is 5.32 Å². The maximum Gasteiger partial charge on any atom is 0.410 e. The molecule has 1 aliphatic heterocycles. The van der Waals surface area contributed by atoms with Crippen molar-refractivity contribution >= 4 is 28.6 Å². The third-order valence-electron chi connectivity index (χ3n) is 6.86. The molecule has 2 aromatic carbocycles. The van der Waals surface area contributed by atoms with Gasteiger partial charge < -0.3 is 24.3 Å². The first kappa shape index (κ1) is 27.3. The van der Waals surface area contributed by atoms with E-state index in [1.807, 2.05) is 57.2 Å². The highest BCUT2D eigenvalue weighted by Crippen LogP contribution is 2.34. The van der Waals surface area contributed by atoms with E-state index in [0.29, 0.717) is 53.3 Å². The van der Waals surface area contributed by atoms with E-state index in [1.54, 1.807) is 30.7 Å². The topological polar surface area (TPSA) is 112 Å². The van der Waals surface area contributed by atoms with Gasteiger partial charge in [-0.05, 0) is 64.3 Å². The van der Waals surface area contributed by atoms with E-state index in [9.17, 15) is 4.79 Å². The Kier molecular flexibility index (Phi) is 7.55. The Hall–Kier alpha value is -4.28. The van der Waals surface area contributed by atoms with Gasteiger partial charge in [-0.1, -0.05) is 6.07 Å². The lowest BCUT2D eigenvalue weighted by Gasteiger charge is -2.35. The predicted molar refractivity (Wildman–Crippen MR) is 151 cm³/mol. The number of carbonyl (C=O) groups is 1. The molecule has 3 heterocycles. The smallest absolute Gasteiger partial charge is 0.410 e. The molecule has 0 spiro atoms. The number of carbonyl (C=O) groups excluding carboxylic acids is 1. The second-order valence-corrected chi connectivity index (χ2v) is 10.7. The highest BCUT2D eigenvalue weighted by molar-refractivity contribution is 5.96. The van der Waals surface area contributed by atoms with Gasteiger partial charge in [-0.2, -0.15) is 4.52 Å². The molecule has 212 valence electrons. The van der Waals surface area contributed by atoms with Crippen LogP contribution in [0.2, 0.25) is 0 Å². The van der Waals surface area contributed by atoms with Crippen molar-refractivity contribution < 1.29 is 23.7 Å². The number of methoxy groups -OCH3 is 3. The van der Waals surface area contributed by atoms with E-state index in [-0.39, 0.29) is 12.1 Å². The Balaban J connectivity index is 1.57. The van der Waals surface area contributed by atoms with Crippen molar-refractivity contribution in [2.24, 2.45) is 0 Å². The van der Waals surface area contributed by atoms with Crippen LogP contribution in [0.3, 0.4) is 0 Å². The lowest BCUT2D eigenvalue weighted by molar-refractivity contribution is 0.00847. The number of para-hydroxylation sites is 1. The Morgan fingerprint density at radius 1 is 1.02 bits per heavy atom. The number of benzene rings is 2. The maximum absolute atomic E-state index is 13.1. The summed E-state index contributed by atoms with van der Waals surface area (Å²) < 4.78 is 24.0. The molecular weight excluding hydrogens is 512 g/mol. The number of amides is 1. The summed E-state index contributed by atoms with van der Waals surface area (Å²) in [5.74, 6) is 3.06. The van der Waals surface area contributed by atoms with Crippen LogP contribution in [0.25, 0.3) is 16.6 Å². The number of ether oxygens (including phenoxy) is 4. The summed E-state index contributed by atoms with van der Waals surface area (Å²) in [5, 5.41) is 9.10. The van der Waals surface area contributed by atoms with Gasteiger partial charge in [0.15, 0.2) is 11.5 Å². The first-order valence-electron chi connectivity index (χ1n) is 13.4. The fraction of sp³-hybridized carbons (Fsp3) is 0.448. The molecule has 5 rings (SSSR count). The Morgan fingerprint density at radius 3 is 2.55 bits per heavy atom. The van der Waals surface area contributed by atoms with Crippen LogP contribution in [0.4, 0.5) is 10.7 Å². The van der Waals surface area contributed by atoms with Gasteiger partial charge in [-0.25, -0.2) is 14.8 Å². The molecule has 2 aromatic heterocycles. The summed E-state index contributed by atoms with van der Waals surface area (Å²) in [6.07, 6.45) is 2.26. The molecule has 1 atom stereocenters. The molecule has 11 heteroatoms. The summed E-state index contributed by atoms with van der Waals surface area (Å²) in [4.78, 5) is 24.7. The number of aromatic nitrogens is 4. The minimum absolute atomic E-state index is 0.307. The molecular formula is C29H36N6O5. The van der Waals surface area contributed by atoms with Crippen LogP contribution < -0.4 is 19.5 Å². The summed E-state index contributed by atoms with van der Waals surface area (Å²) in [6, 6.07) is 11.1. The average Bonchev–Trinajstić information content (AvgIpc) is 3.40. The second kappa shape index (κ2) is 11.1. The predicted octanol–water partition coefficient (Wildman–Crippen LogP) is 5.38. The minimum atomic E-state index is -0.596. The van der Waals surface area contributed by atoms with Crippen molar-refractivity contribution in [1.82, 2.24) is 24.5 Å². The quantitative estimate of drug-likeness (QED) is 0.325. The lowest BCUT2D eigenvalue weighted by atomic mass is 10.0. The fourth-order valence-electron chi connectivity index (χ4n) is 4.95. The van der Waals surface area contributed by atoms with Crippen molar-refractivity contribution in [1.29, 1.82) is 0 Å². The zero-order valence-corrected chi connectivity index (χ0v) is 23.9. The van der Waals surface area contributed by atoms with Gasteiger partial charge in [0.1, 0.15) is 28.4 Å². The van der Waals surface area contributed by atoms with E-state index >= 15 is 0 Å². The van der Waals surface area contributed by atoms with E-state index < -0.39 is 5.60 Å². The summed E-state index contributed by atoms with van der Waals surface area (Å²) in [5.41, 5.74) is 1.61. The number of hydrogen-bond donors (Lipinski definition) is 1. The molecule has 4 aromatic rings. The number of likely N-dealkylation sites (tertiary alicyclic amines) is 1. The molecule has 1 amide bonds. The largest absolute Gasteiger partial charge is 0.497 e. The summed E-state index contributed by atoms with van der Waals surface area (Å²) in [7, 11) is 4.86. The summed E-state index contributed by atoms with van der Waals surface area (Å²) >= 11 is 0. The number of rotatable bonds is 7. The van der Waals surface area contributed by atoms with Crippen molar-refractivity contribution in [3.63, 3.8) is 0 Å². The van der Waals surface area contributed by atoms with Gasteiger partial charge >= 0.3 is 6.09 Å². The number of piperidine rings is 1. The zero-order chi connectivity index (χ0) is 28.4. The van der Waals surface area contributed by atoms with Crippen LogP contribution in [-0.4, -0.2) is 64.1 Å². The third kappa shape index (κ3) is 5.41. The first-order chi connectivity index (χ1) is 19.2. The summed E-state index contributed by atoms with van der Waals surface area (Å²) in [6.45, 7) is 6.61. The molecule has 11 nitrogen and oxygen atoms in total. The Labute approximate surface area is 233 Å². The van der Waals surface area contributed by atoms with Crippen LogP contribution in [-0.2, 0) is 11.3 Å². The van der Waals surface area contributed by atoms with Gasteiger partial charge in [0.2, 0.25) is 5.95 Å². The number of anilines is 1. The minimum Gasteiger partial charge on any atom is -0.497 e. The van der Waals surface area contributed by atoms with Crippen LogP contribution in [0.15, 0.2) is 36.4 Å². The fourth-order valence-corrected chi connectivity index (χ4v) is 4.95. The number of fused-ring (bicyclic) bond motifs is 3. The van der Waals surface area contributed by atoms with E-state index in [4.69, 9.17) is 34.0 Å². The molecule has 1 fully saturated rings. The van der Waals surface area contributed by atoms with Gasteiger partial charge in [0.05, 0.1) is 27.4 Å². The van der Waals surface area contributed by atoms with Crippen LogP contribution in [0, 0.1) is 0 Å². The second-order valence-electron chi connectivity index (χ2n) is 10.7. The van der Waals surface area contributed by atoms with Crippen molar-refractivity contribution in [2.45, 2.75) is 58.2 Å². The van der Waals surface area contributed by atoms with E-state index in [1.165, 1.54) is 0 Å². The van der Waals surface area contributed by atoms with Gasteiger partial charge in [-0.15, -0.1) is 5.10 Å². The monoisotopic (exact) mass is 548 g/mol. The molecule has 0 radical (unpaired) electrons. The van der Waals surface area contributed by atoms with E-state index in [0.717, 1.165) is 30.2 Å². The molecule has 0 aliphatic carbocycles. The Morgan fingerprint density at radius 2 is 1.82 bits per heavy atom. The molecule has 1 unspecified atom stereocenters. The van der Waals surface area contributed by atoms with Gasteiger partial charge in [-0.3, -0.25) is 4.90 Å². The lowest BCUT2D eigenvalue weighted by Crippen LogP contribution is -2.42. The number of nitrogens with one attached hydrogen (secondary N) is 1. The van der Waals surface area contributed by atoms with Crippen LogP contribution in [0.5, 0.6) is 17.2 Å². The van der Waals surface area contributed by atoms with Crippen molar-refractivity contribution in [3.05, 3.63) is 47.8 Å². The molecule has 1 N–H and O–H groups in total. The number of hydrogen-bond acceptors (Lipinski definition) is 9. The molecule has 1 saturated heterocycles. The maximum atomic E-state index is 13.1. The van der Waals surface area contributed by atoms with Crippen LogP contribution >= 0.6 is 0 Å². The average molecular weight is 549 g/mol. The van der Waals surface area contributed by atoms with Crippen molar-refractivity contribution in [3.8, 4) is 17.2 Å². The Bertz CT molecular complexity index is 1530. The molecule has 0 saturated carbocycles. The third-order valence-corrected chi connectivity index (χ3v) is 6.86. The highest BCUT2D eigenvalue weighted by atomic mass is 16.6. The number of nitrogens with zero attached hydrogens (tertiary/aromatic N) is 5. The van der Waals surface area contributed by atoms with Crippen molar-refractivity contribution in [2.75, 3.05) is 33.2 Å². The first-order valence-corrected chi connectivity index (χ1v) is 13.4. The highest BCUT2D eigenvalue weighted by Gasteiger charge is 2.34. The molecule has 0 bridgehead atoms. The SMILES string of the molecule is COc1ccc(CNc2nc3c(OC)cccc3c3nc(C4CCCCN4C(=O)OC(C)(C)C)nn23)c(OC)c1. The normalized spacial score (nSPS) is 15.8. The van der Waals surface area contributed by atoms with Crippen LogP contribution in [0.1, 0.15) is 57.5 Å². The van der Waals surface area contributed by atoms with Gasteiger partial charge in [0.25, 0.3) is 0 Å². The molecule has 40 heavy (non-hydrogen) atoms. The van der Waals surface area contributed by atoms with Gasteiger partial charge in [0, 0.05) is 30.1 Å².